The normalized spacial score (nSPS) is 24.5. The Morgan fingerprint density at radius 1 is 1.27 bits per heavy atom. The summed E-state index contributed by atoms with van der Waals surface area (Å²) in [7, 11) is 0. The summed E-state index contributed by atoms with van der Waals surface area (Å²) >= 11 is 0. The van der Waals surface area contributed by atoms with E-state index in [0.29, 0.717) is 13.2 Å². The zero-order valence-corrected chi connectivity index (χ0v) is 12.5. The van der Waals surface area contributed by atoms with Gasteiger partial charge in [0.25, 0.3) is 0 Å². The van der Waals surface area contributed by atoms with Crippen molar-refractivity contribution in [2.45, 2.75) is 18.9 Å². The number of anilines is 1. The molecule has 2 aliphatic heterocycles. The first-order valence-electron chi connectivity index (χ1n) is 7.63. The minimum absolute atomic E-state index is 0.189. The standard InChI is InChI=1S/C16H18N4O2/c1-2-16-10-19(7-8-20(16)15(21)22-11-16)14-9-17-12-5-3-4-6-13(12)18-14/h3-6,9H,2,7-8,10-11H2,1H3. The number of cyclic esters (lactones) is 1. The van der Waals surface area contributed by atoms with Crippen LogP contribution in [-0.2, 0) is 4.74 Å². The molecule has 0 N–H and O–H groups in total. The van der Waals surface area contributed by atoms with Gasteiger partial charge in [-0.1, -0.05) is 19.1 Å². The maximum absolute atomic E-state index is 11.8. The number of piperazine rings is 1. The molecule has 1 atom stereocenters. The predicted molar refractivity (Wildman–Crippen MR) is 82.8 cm³/mol. The van der Waals surface area contributed by atoms with Crippen LogP contribution in [0.2, 0.25) is 0 Å². The van der Waals surface area contributed by atoms with Crippen molar-refractivity contribution in [2.75, 3.05) is 31.1 Å². The van der Waals surface area contributed by atoms with Crippen molar-refractivity contribution < 1.29 is 9.53 Å². The van der Waals surface area contributed by atoms with E-state index in [-0.39, 0.29) is 11.6 Å². The fraction of sp³-hybridized carbons (Fsp3) is 0.438. The van der Waals surface area contributed by atoms with Crippen LogP contribution >= 0.6 is 0 Å². The van der Waals surface area contributed by atoms with Crippen LogP contribution in [0.4, 0.5) is 10.6 Å². The number of hydrogen-bond acceptors (Lipinski definition) is 5. The number of para-hydroxylation sites is 2. The molecule has 0 saturated carbocycles. The Bertz CT molecular complexity index is 735. The third kappa shape index (κ3) is 1.90. The van der Waals surface area contributed by atoms with E-state index in [2.05, 4.69) is 16.8 Å². The number of carbonyl (C=O) groups excluding carboxylic acids is 1. The maximum Gasteiger partial charge on any atom is 0.410 e. The fourth-order valence-electron chi connectivity index (χ4n) is 3.36. The van der Waals surface area contributed by atoms with Gasteiger partial charge in [0.15, 0.2) is 0 Å². The quantitative estimate of drug-likeness (QED) is 0.849. The Balaban J connectivity index is 1.66. The highest BCUT2D eigenvalue weighted by molar-refractivity contribution is 5.76. The number of nitrogens with zero attached hydrogens (tertiary/aromatic N) is 4. The summed E-state index contributed by atoms with van der Waals surface area (Å²) in [5.74, 6) is 0.866. The molecule has 0 aliphatic carbocycles. The van der Waals surface area contributed by atoms with Crippen LogP contribution in [0.5, 0.6) is 0 Å². The molecule has 2 fully saturated rings. The summed E-state index contributed by atoms with van der Waals surface area (Å²) in [6.45, 7) is 4.72. The van der Waals surface area contributed by atoms with Gasteiger partial charge in [0, 0.05) is 19.6 Å². The number of amides is 1. The number of ether oxygens (including phenoxy) is 1. The molecule has 2 aliphatic rings. The van der Waals surface area contributed by atoms with E-state index in [1.165, 1.54) is 0 Å². The van der Waals surface area contributed by atoms with Crippen LogP contribution < -0.4 is 4.90 Å². The van der Waals surface area contributed by atoms with Gasteiger partial charge < -0.3 is 9.64 Å². The van der Waals surface area contributed by atoms with Crippen LogP contribution in [0, 0.1) is 0 Å². The van der Waals surface area contributed by atoms with E-state index >= 15 is 0 Å². The Morgan fingerprint density at radius 2 is 2.09 bits per heavy atom. The number of fused-ring (bicyclic) bond motifs is 2. The van der Waals surface area contributed by atoms with Crippen molar-refractivity contribution in [2.24, 2.45) is 0 Å². The second-order valence-corrected chi connectivity index (χ2v) is 5.92. The Kier molecular flexibility index (Phi) is 2.92. The average Bonchev–Trinajstić information content (AvgIpc) is 2.91. The first kappa shape index (κ1) is 13.3. The first-order valence-corrected chi connectivity index (χ1v) is 7.63. The highest BCUT2D eigenvalue weighted by Gasteiger charge is 2.49. The van der Waals surface area contributed by atoms with Gasteiger partial charge in [0.1, 0.15) is 12.4 Å². The van der Waals surface area contributed by atoms with Gasteiger partial charge in [-0.25, -0.2) is 9.78 Å². The summed E-state index contributed by atoms with van der Waals surface area (Å²) in [6.07, 6.45) is 2.50. The first-order chi connectivity index (χ1) is 10.7. The van der Waals surface area contributed by atoms with Crippen molar-refractivity contribution in [1.29, 1.82) is 0 Å². The molecule has 3 heterocycles. The summed E-state index contributed by atoms with van der Waals surface area (Å²) in [5.41, 5.74) is 1.56. The van der Waals surface area contributed by atoms with Gasteiger partial charge in [-0.15, -0.1) is 0 Å². The number of carbonyl (C=O) groups is 1. The molecule has 1 aromatic carbocycles. The monoisotopic (exact) mass is 298 g/mol. The highest BCUT2D eigenvalue weighted by atomic mass is 16.6. The van der Waals surface area contributed by atoms with Gasteiger partial charge in [-0.2, -0.15) is 0 Å². The van der Waals surface area contributed by atoms with Crippen LogP contribution in [0.25, 0.3) is 11.0 Å². The molecule has 6 nitrogen and oxygen atoms in total. The second kappa shape index (κ2) is 4.83. The van der Waals surface area contributed by atoms with Crippen molar-refractivity contribution in [3.05, 3.63) is 30.5 Å². The van der Waals surface area contributed by atoms with E-state index in [4.69, 9.17) is 9.72 Å². The van der Waals surface area contributed by atoms with Crippen molar-refractivity contribution in [1.82, 2.24) is 14.9 Å². The minimum atomic E-state index is -0.233. The molecule has 0 bridgehead atoms. The highest BCUT2D eigenvalue weighted by Crippen LogP contribution is 2.33. The molecule has 0 spiro atoms. The molecule has 2 aromatic rings. The fourth-order valence-corrected chi connectivity index (χ4v) is 3.36. The predicted octanol–water partition coefficient (Wildman–Crippen LogP) is 2.05. The average molecular weight is 298 g/mol. The summed E-state index contributed by atoms with van der Waals surface area (Å²) in [5, 5.41) is 0. The van der Waals surface area contributed by atoms with Crippen molar-refractivity contribution in [3.8, 4) is 0 Å². The van der Waals surface area contributed by atoms with E-state index in [1.807, 2.05) is 35.4 Å². The number of benzene rings is 1. The van der Waals surface area contributed by atoms with E-state index < -0.39 is 0 Å². The lowest BCUT2D eigenvalue weighted by Crippen LogP contribution is -2.61. The number of hydrogen-bond donors (Lipinski definition) is 0. The van der Waals surface area contributed by atoms with Crippen molar-refractivity contribution >= 4 is 22.9 Å². The lowest BCUT2D eigenvalue weighted by molar-refractivity contribution is 0.137. The molecule has 1 unspecified atom stereocenters. The summed E-state index contributed by atoms with van der Waals surface area (Å²) in [4.78, 5) is 25.1. The van der Waals surface area contributed by atoms with Gasteiger partial charge in [0.2, 0.25) is 0 Å². The molecule has 2 saturated heterocycles. The number of rotatable bonds is 2. The lowest BCUT2D eigenvalue weighted by Gasteiger charge is -2.44. The van der Waals surface area contributed by atoms with Crippen LogP contribution in [0.1, 0.15) is 13.3 Å². The van der Waals surface area contributed by atoms with Gasteiger partial charge >= 0.3 is 6.09 Å². The molecule has 0 radical (unpaired) electrons. The van der Waals surface area contributed by atoms with Crippen molar-refractivity contribution in [3.63, 3.8) is 0 Å². The topological polar surface area (TPSA) is 58.6 Å². The van der Waals surface area contributed by atoms with E-state index in [0.717, 1.165) is 36.4 Å². The second-order valence-electron chi connectivity index (χ2n) is 5.92. The lowest BCUT2D eigenvalue weighted by atomic mass is 9.93. The van der Waals surface area contributed by atoms with E-state index in [1.54, 1.807) is 0 Å². The van der Waals surface area contributed by atoms with Crippen LogP contribution in [-0.4, -0.2) is 52.7 Å². The zero-order chi connectivity index (χ0) is 15.2. The smallest absolute Gasteiger partial charge is 0.410 e. The third-order valence-electron chi connectivity index (χ3n) is 4.75. The SMILES string of the molecule is CCC12COC(=O)N1CCN(c1cnc3ccccc3n1)C2. The minimum Gasteiger partial charge on any atom is -0.447 e. The summed E-state index contributed by atoms with van der Waals surface area (Å²) < 4.78 is 5.27. The molecule has 6 heteroatoms. The zero-order valence-electron chi connectivity index (χ0n) is 12.5. The van der Waals surface area contributed by atoms with Gasteiger partial charge in [0.05, 0.1) is 22.8 Å². The Labute approximate surface area is 128 Å². The van der Waals surface area contributed by atoms with Gasteiger partial charge in [-0.3, -0.25) is 9.88 Å². The molecule has 22 heavy (non-hydrogen) atoms. The van der Waals surface area contributed by atoms with Crippen LogP contribution in [0.3, 0.4) is 0 Å². The molecule has 1 amide bonds. The molecule has 114 valence electrons. The molecule has 1 aromatic heterocycles. The summed E-state index contributed by atoms with van der Waals surface area (Å²) in [6, 6.07) is 7.86. The maximum atomic E-state index is 11.8. The third-order valence-corrected chi connectivity index (χ3v) is 4.75. The van der Waals surface area contributed by atoms with Gasteiger partial charge in [-0.05, 0) is 18.6 Å². The Morgan fingerprint density at radius 3 is 2.91 bits per heavy atom. The molecular formula is C16H18N4O2. The Hall–Kier alpha value is -2.37. The van der Waals surface area contributed by atoms with Crippen LogP contribution in [0.15, 0.2) is 30.5 Å². The number of aromatic nitrogens is 2. The van der Waals surface area contributed by atoms with E-state index in [9.17, 15) is 4.79 Å². The largest absolute Gasteiger partial charge is 0.447 e. The molecule has 4 rings (SSSR count). The molecular weight excluding hydrogens is 280 g/mol.